The van der Waals surface area contributed by atoms with E-state index >= 15 is 0 Å². The first-order valence-electron chi connectivity index (χ1n) is 14.8. The lowest BCUT2D eigenvalue weighted by Crippen LogP contribution is -2.33. The predicted octanol–water partition coefficient (Wildman–Crippen LogP) is 7.02. The van der Waals surface area contributed by atoms with E-state index in [1.807, 2.05) is 109 Å². The van der Waals surface area contributed by atoms with Gasteiger partial charge in [-0.05, 0) is 60.4 Å². The van der Waals surface area contributed by atoms with E-state index < -0.39 is 21.6 Å². The summed E-state index contributed by atoms with van der Waals surface area (Å²) in [4.78, 5) is 0. The molecule has 0 bridgehead atoms. The van der Waals surface area contributed by atoms with Crippen LogP contribution >= 0.6 is 0 Å². The van der Waals surface area contributed by atoms with Crippen LogP contribution in [0, 0.1) is 0 Å². The maximum atomic E-state index is 14.5. The van der Waals surface area contributed by atoms with Gasteiger partial charge in [-0.3, -0.25) is 4.21 Å². The summed E-state index contributed by atoms with van der Waals surface area (Å²) >= 11 is 0. The Kier molecular flexibility index (Phi) is 7.56. The van der Waals surface area contributed by atoms with E-state index in [1.165, 1.54) is 0 Å². The van der Waals surface area contributed by atoms with Gasteiger partial charge in [-0.1, -0.05) is 109 Å². The van der Waals surface area contributed by atoms with Crippen molar-refractivity contribution >= 4 is 44.7 Å². The third-order valence-corrected chi connectivity index (χ3v) is 10.8. The molecular formula is C38H38N4OS. The Labute approximate surface area is 262 Å². The Bertz CT molecular complexity index is 1750. The summed E-state index contributed by atoms with van der Waals surface area (Å²) in [6, 6.07) is 31.4. The zero-order valence-corrected chi connectivity index (χ0v) is 25.8. The first-order chi connectivity index (χ1) is 21.1. The number of para-hydroxylation sites is 4. The maximum absolute atomic E-state index is 14.5. The van der Waals surface area contributed by atoms with Crippen LogP contribution in [0.1, 0.15) is 36.1 Å². The van der Waals surface area contributed by atoms with Crippen molar-refractivity contribution < 1.29 is 4.21 Å². The molecule has 8 N–H and O–H groups in total. The van der Waals surface area contributed by atoms with Crippen LogP contribution in [0.15, 0.2) is 134 Å². The first kappa shape index (κ1) is 29.3. The number of anilines is 4. The molecular weight excluding hydrogens is 561 g/mol. The van der Waals surface area contributed by atoms with Crippen molar-refractivity contribution in [3.8, 4) is 0 Å². The van der Waals surface area contributed by atoms with Crippen molar-refractivity contribution in [2.45, 2.75) is 35.2 Å². The number of hydrogen-bond donors (Lipinski definition) is 4. The Balaban J connectivity index is 1.45. The zero-order chi connectivity index (χ0) is 31.1. The highest BCUT2D eigenvalue weighted by Gasteiger charge is 2.39. The number of nitrogen functional groups attached to an aromatic ring is 4. The summed E-state index contributed by atoms with van der Waals surface area (Å²) in [6.07, 6.45) is 12.6. The molecule has 4 aromatic carbocycles. The van der Waals surface area contributed by atoms with E-state index in [0.717, 1.165) is 33.4 Å². The molecule has 0 saturated heterocycles. The number of allylic oxidation sites excluding steroid dienone is 4. The molecule has 4 aromatic rings. The van der Waals surface area contributed by atoms with Gasteiger partial charge in [-0.25, -0.2) is 0 Å². The summed E-state index contributed by atoms with van der Waals surface area (Å²) in [5.41, 5.74) is 33.4. The maximum Gasteiger partial charge on any atom is 0.0724 e. The summed E-state index contributed by atoms with van der Waals surface area (Å²) in [6.45, 7) is 4.28. The normalized spacial score (nSPS) is 25.2. The van der Waals surface area contributed by atoms with Crippen LogP contribution in [0.2, 0.25) is 0 Å². The largest absolute Gasteiger partial charge is 0.398 e. The average molecular weight is 599 g/mol. The molecule has 0 aromatic heterocycles. The summed E-state index contributed by atoms with van der Waals surface area (Å²) in [7, 11) is -1.36. The fraction of sp³-hybridized carbons (Fsp3) is 0.158. The third kappa shape index (κ3) is 4.95. The Hall–Kier alpha value is -4.81. The van der Waals surface area contributed by atoms with Crippen LogP contribution in [-0.2, 0) is 21.6 Å². The quantitative estimate of drug-likeness (QED) is 0.140. The summed E-state index contributed by atoms with van der Waals surface area (Å²) < 4.78 is 14.5. The molecule has 4 unspecified atom stereocenters. The Morgan fingerprint density at radius 3 is 1.23 bits per heavy atom. The van der Waals surface area contributed by atoms with E-state index in [0.29, 0.717) is 22.7 Å². The number of hydrogen-bond acceptors (Lipinski definition) is 5. The average Bonchev–Trinajstić information content (AvgIpc) is 3.02. The molecule has 0 spiro atoms. The lowest BCUT2D eigenvalue weighted by Gasteiger charge is -2.38. The van der Waals surface area contributed by atoms with Gasteiger partial charge in [0, 0.05) is 55.5 Å². The second-order valence-electron chi connectivity index (χ2n) is 11.9. The SMILES string of the molecule is CC1(c2ccccc2N)C=CC(S(=O)C2C=CC(C)(c3ccccc3N)C(c3ccccc3N)=C2)C=C1c1ccccc1N. The van der Waals surface area contributed by atoms with Crippen LogP contribution in [0.5, 0.6) is 0 Å². The fourth-order valence-corrected chi connectivity index (χ4v) is 8.01. The van der Waals surface area contributed by atoms with Crippen LogP contribution in [0.4, 0.5) is 22.7 Å². The molecule has 2 aliphatic rings. The van der Waals surface area contributed by atoms with Crippen molar-refractivity contribution in [1.82, 2.24) is 0 Å². The van der Waals surface area contributed by atoms with Gasteiger partial charge in [0.25, 0.3) is 0 Å². The molecule has 0 heterocycles. The van der Waals surface area contributed by atoms with E-state index in [1.54, 1.807) is 0 Å². The topological polar surface area (TPSA) is 121 Å². The highest BCUT2D eigenvalue weighted by Crippen LogP contribution is 2.48. The Morgan fingerprint density at radius 1 is 0.523 bits per heavy atom. The van der Waals surface area contributed by atoms with Gasteiger partial charge in [-0.15, -0.1) is 0 Å². The molecule has 0 aliphatic heterocycles. The minimum absolute atomic E-state index is 0.367. The van der Waals surface area contributed by atoms with Crippen molar-refractivity contribution in [1.29, 1.82) is 0 Å². The van der Waals surface area contributed by atoms with E-state index in [2.05, 4.69) is 38.2 Å². The molecule has 0 saturated carbocycles. The first-order valence-corrected chi connectivity index (χ1v) is 16.0. The zero-order valence-electron chi connectivity index (χ0n) is 25.0. The Morgan fingerprint density at radius 2 is 0.864 bits per heavy atom. The standard InChI is InChI=1S/C38H38N4OS/c1-37(29-13-5-9-17-35(29)41)21-19-25(23-31(37)27-11-3-7-15-33(27)39)44(43)26-20-22-38(2,30-14-6-10-18-36(30)42)32(24-26)28-12-4-8-16-34(28)40/h3-26H,39-42H2,1-2H3. The van der Waals surface area contributed by atoms with Crippen molar-refractivity contribution in [3.63, 3.8) is 0 Å². The van der Waals surface area contributed by atoms with Crippen LogP contribution in [0.25, 0.3) is 11.1 Å². The smallest absolute Gasteiger partial charge is 0.0724 e. The van der Waals surface area contributed by atoms with Gasteiger partial charge in [0.05, 0.1) is 10.5 Å². The summed E-state index contributed by atoms with van der Waals surface area (Å²) in [5, 5.41) is -0.733. The van der Waals surface area contributed by atoms with Crippen molar-refractivity contribution in [2.75, 3.05) is 22.9 Å². The fourth-order valence-electron chi connectivity index (χ4n) is 6.64. The molecule has 44 heavy (non-hydrogen) atoms. The highest BCUT2D eigenvalue weighted by atomic mass is 32.2. The third-order valence-electron chi connectivity index (χ3n) is 9.10. The van der Waals surface area contributed by atoms with Crippen molar-refractivity contribution in [2.24, 2.45) is 0 Å². The molecule has 2 aliphatic carbocycles. The van der Waals surface area contributed by atoms with E-state index in [9.17, 15) is 4.21 Å². The van der Waals surface area contributed by atoms with Gasteiger partial charge < -0.3 is 22.9 Å². The lowest BCUT2D eigenvalue weighted by molar-refractivity contribution is 0.677. The molecule has 222 valence electrons. The molecule has 5 nitrogen and oxygen atoms in total. The molecule has 4 atom stereocenters. The van der Waals surface area contributed by atoms with Gasteiger partial charge in [-0.2, -0.15) is 0 Å². The highest BCUT2D eigenvalue weighted by molar-refractivity contribution is 7.87. The summed E-state index contributed by atoms with van der Waals surface area (Å²) in [5.74, 6) is 0. The molecule has 6 heteroatoms. The van der Waals surface area contributed by atoms with Gasteiger partial charge in [0.1, 0.15) is 0 Å². The molecule has 0 amide bonds. The number of nitrogens with two attached hydrogens (primary N) is 4. The van der Waals surface area contributed by atoms with E-state index in [4.69, 9.17) is 22.9 Å². The minimum Gasteiger partial charge on any atom is -0.398 e. The van der Waals surface area contributed by atoms with Gasteiger partial charge in [0.15, 0.2) is 0 Å². The van der Waals surface area contributed by atoms with Gasteiger partial charge in [0.2, 0.25) is 0 Å². The minimum atomic E-state index is -1.36. The van der Waals surface area contributed by atoms with Crippen LogP contribution in [-0.4, -0.2) is 14.7 Å². The molecule has 0 radical (unpaired) electrons. The van der Waals surface area contributed by atoms with Crippen LogP contribution in [0.3, 0.4) is 0 Å². The second-order valence-corrected chi connectivity index (χ2v) is 13.6. The lowest BCUT2D eigenvalue weighted by atomic mass is 9.69. The number of rotatable bonds is 6. The second kappa shape index (κ2) is 11.4. The number of benzene rings is 4. The predicted molar refractivity (Wildman–Crippen MR) is 188 cm³/mol. The molecule has 6 rings (SSSR count). The van der Waals surface area contributed by atoms with Crippen molar-refractivity contribution in [3.05, 3.63) is 156 Å². The van der Waals surface area contributed by atoms with Crippen LogP contribution < -0.4 is 22.9 Å². The molecule has 0 fully saturated rings. The van der Waals surface area contributed by atoms with E-state index in [-0.39, 0.29) is 10.5 Å². The monoisotopic (exact) mass is 598 g/mol. The van der Waals surface area contributed by atoms with Gasteiger partial charge >= 0.3 is 0 Å².